The maximum Gasteiger partial charge on any atom is 0.191 e. The molecule has 0 radical (unpaired) electrons. The number of hydrogen-bond donors (Lipinski definition) is 2. The quantitative estimate of drug-likeness (QED) is 0.400. The highest BCUT2D eigenvalue weighted by molar-refractivity contribution is 7.99. The topological polar surface area (TPSA) is 58.5 Å². The van der Waals surface area contributed by atoms with Crippen LogP contribution in [-0.4, -0.2) is 36.9 Å². The summed E-state index contributed by atoms with van der Waals surface area (Å²) in [5.74, 6) is 3.26. The molecule has 0 fully saturated rings. The molecule has 2 N–H and O–H groups in total. The highest BCUT2D eigenvalue weighted by atomic mass is 32.2. The molecular formula is C20H28N4OS. The Morgan fingerprint density at radius 2 is 2.00 bits per heavy atom. The monoisotopic (exact) mass is 372 g/mol. The molecule has 0 spiro atoms. The van der Waals surface area contributed by atoms with E-state index in [0.29, 0.717) is 12.5 Å². The van der Waals surface area contributed by atoms with Crippen LogP contribution in [0.2, 0.25) is 0 Å². The average molecular weight is 373 g/mol. The number of methoxy groups -OCH3 is 1. The summed E-state index contributed by atoms with van der Waals surface area (Å²) in [6.45, 7) is 6.56. The third-order valence-electron chi connectivity index (χ3n) is 3.68. The van der Waals surface area contributed by atoms with Gasteiger partial charge in [0.25, 0.3) is 0 Å². The van der Waals surface area contributed by atoms with E-state index >= 15 is 0 Å². The first-order chi connectivity index (χ1) is 12.7. The predicted octanol–water partition coefficient (Wildman–Crippen LogP) is 3.57. The van der Waals surface area contributed by atoms with Crippen LogP contribution in [0.15, 0.2) is 58.5 Å². The Bertz CT molecular complexity index is 679. The number of para-hydroxylation sites is 1. The van der Waals surface area contributed by atoms with Gasteiger partial charge in [-0.1, -0.05) is 25.1 Å². The molecule has 1 heterocycles. The number of guanidine groups is 1. The fourth-order valence-corrected chi connectivity index (χ4v) is 3.34. The zero-order chi connectivity index (χ0) is 18.6. The van der Waals surface area contributed by atoms with Gasteiger partial charge in [0.05, 0.1) is 19.3 Å². The zero-order valence-electron chi connectivity index (χ0n) is 15.7. The Morgan fingerprint density at radius 1 is 1.19 bits per heavy atom. The molecule has 1 aromatic carbocycles. The molecule has 1 atom stereocenters. The van der Waals surface area contributed by atoms with Gasteiger partial charge in [-0.25, -0.2) is 4.99 Å². The van der Waals surface area contributed by atoms with Crippen LogP contribution in [0, 0.1) is 5.92 Å². The summed E-state index contributed by atoms with van der Waals surface area (Å²) in [6, 6.07) is 14.0. The van der Waals surface area contributed by atoms with E-state index in [0.717, 1.165) is 36.2 Å². The van der Waals surface area contributed by atoms with Crippen LogP contribution in [0.25, 0.3) is 0 Å². The molecule has 0 bridgehead atoms. The fraction of sp³-hybridized carbons (Fsp3) is 0.400. The van der Waals surface area contributed by atoms with Crippen molar-refractivity contribution in [1.82, 2.24) is 15.6 Å². The van der Waals surface area contributed by atoms with Gasteiger partial charge in [-0.2, -0.15) is 0 Å². The van der Waals surface area contributed by atoms with Gasteiger partial charge in [0.2, 0.25) is 0 Å². The first-order valence-electron chi connectivity index (χ1n) is 8.90. The SMILES string of the molecule is CCNC(=NCc1ccccn1)NCC(C)CSc1ccccc1OC. The van der Waals surface area contributed by atoms with E-state index < -0.39 is 0 Å². The lowest BCUT2D eigenvalue weighted by Crippen LogP contribution is -2.39. The lowest BCUT2D eigenvalue weighted by Gasteiger charge is -2.16. The van der Waals surface area contributed by atoms with Gasteiger partial charge in [-0.05, 0) is 37.1 Å². The van der Waals surface area contributed by atoms with Gasteiger partial charge >= 0.3 is 0 Å². The molecule has 0 amide bonds. The van der Waals surface area contributed by atoms with Crippen molar-refractivity contribution in [2.45, 2.75) is 25.3 Å². The molecule has 0 aliphatic heterocycles. The smallest absolute Gasteiger partial charge is 0.191 e. The summed E-state index contributed by atoms with van der Waals surface area (Å²) in [4.78, 5) is 10.1. The van der Waals surface area contributed by atoms with Gasteiger partial charge in [0, 0.05) is 29.9 Å². The van der Waals surface area contributed by atoms with Crippen LogP contribution in [-0.2, 0) is 6.54 Å². The summed E-state index contributed by atoms with van der Waals surface area (Å²) in [5, 5.41) is 6.71. The number of pyridine rings is 1. The number of aliphatic imine (C=N–C) groups is 1. The maximum atomic E-state index is 5.41. The van der Waals surface area contributed by atoms with Gasteiger partial charge < -0.3 is 15.4 Å². The molecule has 0 saturated heterocycles. The van der Waals surface area contributed by atoms with Crippen LogP contribution in [0.3, 0.4) is 0 Å². The van der Waals surface area contributed by atoms with Gasteiger partial charge in [-0.15, -0.1) is 11.8 Å². The Balaban J connectivity index is 1.81. The lowest BCUT2D eigenvalue weighted by molar-refractivity contribution is 0.405. The number of ether oxygens (including phenoxy) is 1. The van der Waals surface area contributed by atoms with E-state index in [4.69, 9.17) is 4.74 Å². The standard InChI is InChI=1S/C20H28N4OS/c1-4-21-20(24-14-17-9-7-8-12-22-17)23-13-16(2)15-26-19-11-6-5-10-18(19)25-3/h5-12,16H,4,13-15H2,1-3H3,(H2,21,23,24). The molecule has 140 valence electrons. The van der Waals surface area contributed by atoms with Crippen molar-refractivity contribution < 1.29 is 4.74 Å². The third kappa shape index (κ3) is 6.96. The molecule has 1 unspecified atom stereocenters. The van der Waals surface area contributed by atoms with Crippen molar-refractivity contribution in [2.24, 2.45) is 10.9 Å². The fourth-order valence-electron chi connectivity index (χ4n) is 2.29. The molecule has 1 aromatic heterocycles. The lowest BCUT2D eigenvalue weighted by atomic mass is 10.2. The second-order valence-corrected chi connectivity index (χ2v) is 7.03. The molecule has 0 aliphatic rings. The van der Waals surface area contributed by atoms with E-state index in [1.165, 1.54) is 4.90 Å². The maximum absolute atomic E-state index is 5.41. The summed E-state index contributed by atoms with van der Waals surface area (Å²) in [5.41, 5.74) is 0.962. The van der Waals surface area contributed by atoms with E-state index in [1.807, 2.05) is 48.2 Å². The van der Waals surface area contributed by atoms with Crippen molar-refractivity contribution in [2.75, 3.05) is 26.0 Å². The average Bonchev–Trinajstić information content (AvgIpc) is 2.69. The van der Waals surface area contributed by atoms with Crippen LogP contribution >= 0.6 is 11.8 Å². The minimum Gasteiger partial charge on any atom is -0.496 e. The second kappa shape index (κ2) is 11.4. The zero-order valence-corrected chi connectivity index (χ0v) is 16.6. The highest BCUT2D eigenvalue weighted by Crippen LogP contribution is 2.29. The van der Waals surface area contributed by atoms with Gasteiger partial charge in [-0.3, -0.25) is 4.98 Å². The van der Waals surface area contributed by atoms with Crippen molar-refractivity contribution in [1.29, 1.82) is 0 Å². The van der Waals surface area contributed by atoms with Crippen molar-refractivity contribution in [3.8, 4) is 5.75 Å². The summed E-state index contributed by atoms with van der Waals surface area (Å²) < 4.78 is 5.41. The Hall–Kier alpha value is -2.21. The van der Waals surface area contributed by atoms with E-state index in [1.54, 1.807) is 13.3 Å². The summed E-state index contributed by atoms with van der Waals surface area (Å²) >= 11 is 1.82. The first kappa shape index (κ1) is 20.1. The molecule has 0 saturated carbocycles. The van der Waals surface area contributed by atoms with Crippen molar-refractivity contribution >= 4 is 17.7 Å². The predicted molar refractivity (Wildman–Crippen MR) is 110 cm³/mol. The van der Waals surface area contributed by atoms with Crippen molar-refractivity contribution in [3.63, 3.8) is 0 Å². The van der Waals surface area contributed by atoms with E-state index in [2.05, 4.69) is 40.5 Å². The van der Waals surface area contributed by atoms with E-state index in [-0.39, 0.29) is 0 Å². The molecule has 6 heteroatoms. The number of nitrogens with one attached hydrogen (secondary N) is 2. The number of thioether (sulfide) groups is 1. The summed E-state index contributed by atoms with van der Waals surface area (Å²) in [6.07, 6.45) is 1.79. The number of nitrogens with zero attached hydrogens (tertiary/aromatic N) is 2. The molecule has 2 aromatic rings. The Kier molecular flexibility index (Phi) is 8.83. The van der Waals surface area contributed by atoms with Gasteiger partial charge in [0.1, 0.15) is 5.75 Å². The molecule has 0 aliphatic carbocycles. The van der Waals surface area contributed by atoms with Crippen LogP contribution in [0.5, 0.6) is 5.75 Å². The molecule has 26 heavy (non-hydrogen) atoms. The minimum absolute atomic E-state index is 0.489. The highest BCUT2D eigenvalue weighted by Gasteiger charge is 2.08. The normalized spacial score (nSPS) is 12.5. The Morgan fingerprint density at radius 3 is 2.73 bits per heavy atom. The van der Waals surface area contributed by atoms with Crippen LogP contribution in [0.1, 0.15) is 19.5 Å². The van der Waals surface area contributed by atoms with Crippen LogP contribution < -0.4 is 15.4 Å². The number of hydrogen-bond acceptors (Lipinski definition) is 4. The number of benzene rings is 1. The molecular weight excluding hydrogens is 344 g/mol. The second-order valence-electron chi connectivity index (χ2n) is 5.96. The van der Waals surface area contributed by atoms with Crippen LogP contribution in [0.4, 0.5) is 0 Å². The minimum atomic E-state index is 0.489. The van der Waals surface area contributed by atoms with E-state index in [9.17, 15) is 0 Å². The van der Waals surface area contributed by atoms with Gasteiger partial charge in [0.15, 0.2) is 5.96 Å². The third-order valence-corrected chi connectivity index (χ3v) is 5.06. The number of aromatic nitrogens is 1. The summed E-state index contributed by atoms with van der Waals surface area (Å²) in [7, 11) is 1.71. The number of rotatable bonds is 9. The first-order valence-corrected chi connectivity index (χ1v) is 9.89. The molecule has 5 nitrogen and oxygen atoms in total. The Labute approximate surface area is 160 Å². The largest absolute Gasteiger partial charge is 0.496 e. The molecule has 2 rings (SSSR count). The van der Waals surface area contributed by atoms with Crippen molar-refractivity contribution in [3.05, 3.63) is 54.4 Å².